The first kappa shape index (κ1) is 7.94. The van der Waals surface area contributed by atoms with Gasteiger partial charge in [-0.15, -0.1) is 12.6 Å². The lowest BCUT2D eigenvalue weighted by atomic mass is 10.2. The maximum Gasteiger partial charge on any atom is 0.335 e. The van der Waals surface area contributed by atoms with Crippen LogP contribution in [0.1, 0.15) is 10.4 Å². The Morgan fingerprint density at radius 1 is 1.45 bits per heavy atom. The number of rotatable bonds is 1. The van der Waals surface area contributed by atoms with Crippen molar-refractivity contribution < 1.29 is 15.0 Å². The van der Waals surface area contributed by atoms with Crippen molar-refractivity contribution >= 4 is 18.6 Å². The van der Waals surface area contributed by atoms with Gasteiger partial charge < -0.3 is 10.2 Å². The highest BCUT2D eigenvalue weighted by molar-refractivity contribution is 7.80. The summed E-state index contributed by atoms with van der Waals surface area (Å²) < 4.78 is 0. The first-order valence-corrected chi connectivity index (χ1v) is 3.31. The van der Waals surface area contributed by atoms with Crippen LogP contribution in [0.3, 0.4) is 0 Å². The summed E-state index contributed by atoms with van der Waals surface area (Å²) in [5.41, 5.74) is 0.0558. The minimum atomic E-state index is -1.06. The molecule has 0 aliphatic heterocycles. The van der Waals surface area contributed by atoms with Crippen LogP contribution in [0.2, 0.25) is 0 Å². The van der Waals surface area contributed by atoms with E-state index in [1.165, 1.54) is 12.1 Å². The Kier molecular flexibility index (Phi) is 2.05. The summed E-state index contributed by atoms with van der Waals surface area (Å²) >= 11 is 3.87. The molecule has 0 atom stereocenters. The Hall–Kier alpha value is -1.16. The second-order valence-electron chi connectivity index (χ2n) is 2.01. The zero-order valence-electron chi connectivity index (χ0n) is 5.48. The molecular weight excluding hydrogens is 164 g/mol. The van der Waals surface area contributed by atoms with Gasteiger partial charge in [0, 0.05) is 4.90 Å². The largest absolute Gasteiger partial charge is 0.507 e. The third-order valence-corrected chi connectivity index (χ3v) is 1.60. The van der Waals surface area contributed by atoms with Crippen molar-refractivity contribution in [1.82, 2.24) is 0 Å². The number of aromatic carboxylic acids is 1. The summed E-state index contributed by atoms with van der Waals surface area (Å²) in [6.45, 7) is 0. The second-order valence-corrected chi connectivity index (χ2v) is 2.49. The standard InChI is InChI=1S/C7H6O3S/c8-5-3-4(7(9)10)1-2-6(5)11/h1-3,8,11H,(H,9,10). The molecule has 4 heteroatoms. The molecule has 1 aromatic rings. The summed E-state index contributed by atoms with van der Waals surface area (Å²) in [6, 6.07) is 3.97. The molecule has 0 amide bonds. The van der Waals surface area contributed by atoms with Crippen molar-refractivity contribution in [3.8, 4) is 5.75 Å². The van der Waals surface area contributed by atoms with E-state index in [1.807, 2.05) is 0 Å². The number of carboxylic acids is 1. The first-order valence-electron chi connectivity index (χ1n) is 2.86. The zero-order chi connectivity index (χ0) is 8.43. The highest BCUT2D eigenvalue weighted by Gasteiger charge is 2.04. The van der Waals surface area contributed by atoms with Gasteiger partial charge in [-0.2, -0.15) is 0 Å². The van der Waals surface area contributed by atoms with Gasteiger partial charge in [-0.1, -0.05) is 0 Å². The van der Waals surface area contributed by atoms with Gasteiger partial charge >= 0.3 is 5.97 Å². The van der Waals surface area contributed by atoms with Crippen LogP contribution < -0.4 is 0 Å². The maximum atomic E-state index is 10.3. The van der Waals surface area contributed by atoms with Crippen molar-refractivity contribution in [3.05, 3.63) is 23.8 Å². The number of thiol groups is 1. The Bertz CT molecular complexity index is 296. The van der Waals surface area contributed by atoms with E-state index in [1.54, 1.807) is 0 Å². The topological polar surface area (TPSA) is 57.5 Å². The van der Waals surface area contributed by atoms with E-state index < -0.39 is 5.97 Å². The Morgan fingerprint density at radius 2 is 2.09 bits per heavy atom. The van der Waals surface area contributed by atoms with Gasteiger partial charge in [0.25, 0.3) is 0 Å². The van der Waals surface area contributed by atoms with E-state index in [0.717, 1.165) is 6.07 Å². The minimum Gasteiger partial charge on any atom is -0.507 e. The van der Waals surface area contributed by atoms with Gasteiger partial charge in [0.15, 0.2) is 0 Å². The molecule has 0 aliphatic rings. The predicted octanol–water partition coefficient (Wildman–Crippen LogP) is 1.38. The summed E-state index contributed by atoms with van der Waals surface area (Å²) in [5.74, 6) is -1.18. The van der Waals surface area contributed by atoms with E-state index in [4.69, 9.17) is 10.2 Å². The lowest BCUT2D eigenvalue weighted by Gasteiger charge is -1.97. The van der Waals surface area contributed by atoms with Crippen molar-refractivity contribution in [2.45, 2.75) is 4.90 Å². The van der Waals surface area contributed by atoms with Gasteiger partial charge in [-0.3, -0.25) is 0 Å². The molecule has 0 heterocycles. The fraction of sp³-hybridized carbons (Fsp3) is 0. The molecule has 0 radical (unpaired) electrons. The molecule has 3 nitrogen and oxygen atoms in total. The van der Waals surface area contributed by atoms with Crippen LogP contribution in [0.15, 0.2) is 23.1 Å². The number of carboxylic acid groups (broad SMARTS) is 1. The third kappa shape index (κ3) is 1.65. The molecule has 1 aromatic carbocycles. The molecule has 0 aliphatic carbocycles. The summed E-state index contributed by atoms with van der Waals surface area (Å²) in [5, 5.41) is 17.5. The Balaban J connectivity index is 3.15. The lowest BCUT2D eigenvalue weighted by molar-refractivity contribution is 0.0696. The first-order chi connectivity index (χ1) is 5.11. The van der Waals surface area contributed by atoms with E-state index in [-0.39, 0.29) is 11.3 Å². The number of carbonyl (C=O) groups is 1. The van der Waals surface area contributed by atoms with Crippen LogP contribution in [0.5, 0.6) is 5.75 Å². The second kappa shape index (κ2) is 2.84. The average Bonchev–Trinajstić information content (AvgIpc) is 1.94. The molecule has 1 rings (SSSR count). The summed E-state index contributed by atoms with van der Waals surface area (Å²) in [6.07, 6.45) is 0. The molecule has 0 spiro atoms. The summed E-state index contributed by atoms with van der Waals surface area (Å²) in [7, 11) is 0. The molecule has 0 unspecified atom stereocenters. The number of hydrogen-bond acceptors (Lipinski definition) is 3. The van der Waals surface area contributed by atoms with Crippen LogP contribution >= 0.6 is 12.6 Å². The van der Waals surface area contributed by atoms with Crippen LogP contribution in [0.25, 0.3) is 0 Å². The smallest absolute Gasteiger partial charge is 0.335 e. The number of phenols is 1. The molecule has 11 heavy (non-hydrogen) atoms. The molecule has 2 N–H and O–H groups in total. The van der Waals surface area contributed by atoms with Crippen molar-refractivity contribution in [3.63, 3.8) is 0 Å². The van der Waals surface area contributed by atoms with Crippen LogP contribution in [-0.2, 0) is 0 Å². The van der Waals surface area contributed by atoms with Crippen LogP contribution in [0, 0.1) is 0 Å². The highest BCUT2D eigenvalue weighted by atomic mass is 32.1. The van der Waals surface area contributed by atoms with E-state index in [0.29, 0.717) is 4.90 Å². The van der Waals surface area contributed by atoms with Crippen LogP contribution in [0.4, 0.5) is 0 Å². The Morgan fingerprint density at radius 3 is 2.55 bits per heavy atom. The molecule has 0 saturated carbocycles. The molecule has 0 saturated heterocycles. The van der Waals surface area contributed by atoms with Gasteiger partial charge in [0.2, 0.25) is 0 Å². The van der Waals surface area contributed by atoms with Crippen molar-refractivity contribution in [2.24, 2.45) is 0 Å². The normalized spacial score (nSPS) is 9.55. The van der Waals surface area contributed by atoms with Crippen molar-refractivity contribution in [2.75, 3.05) is 0 Å². The monoisotopic (exact) mass is 170 g/mol. The van der Waals surface area contributed by atoms with Gasteiger partial charge in [-0.05, 0) is 18.2 Å². The number of hydrogen-bond donors (Lipinski definition) is 3. The third-order valence-electron chi connectivity index (χ3n) is 1.22. The number of aromatic hydroxyl groups is 1. The summed E-state index contributed by atoms with van der Waals surface area (Å²) in [4.78, 5) is 10.7. The quantitative estimate of drug-likeness (QED) is 0.558. The molecule has 0 bridgehead atoms. The van der Waals surface area contributed by atoms with Gasteiger partial charge in [0.1, 0.15) is 5.75 Å². The predicted molar refractivity (Wildman–Crippen MR) is 42.3 cm³/mol. The van der Waals surface area contributed by atoms with Gasteiger partial charge in [-0.25, -0.2) is 4.79 Å². The molecule has 58 valence electrons. The van der Waals surface area contributed by atoms with E-state index in [2.05, 4.69) is 12.6 Å². The SMILES string of the molecule is O=C(O)c1ccc(S)c(O)c1. The highest BCUT2D eigenvalue weighted by Crippen LogP contribution is 2.21. The van der Waals surface area contributed by atoms with E-state index in [9.17, 15) is 4.79 Å². The minimum absolute atomic E-state index is 0.0558. The average molecular weight is 170 g/mol. The van der Waals surface area contributed by atoms with Gasteiger partial charge in [0.05, 0.1) is 5.56 Å². The van der Waals surface area contributed by atoms with Crippen molar-refractivity contribution in [1.29, 1.82) is 0 Å². The molecule has 0 aromatic heterocycles. The fourth-order valence-electron chi connectivity index (χ4n) is 0.656. The number of phenolic OH excluding ortho intramolecular Hbond substituents is 1. The zero-order valence-corrected chi connectivity index (χ0v) is 6.38. The lowest BCUT2D eigenvalue weighted by Crippen LogP contribution is -1.94. The Labute approximate surface area is 68.7 Å². The molecule has 0 fully saturated rings. The number of benzene rings is 1. The fourth-order valence-corrected chi connectivity index (χ4v) is 0.796. The molecular formula is C7H6O3S. The van der Waals surface area contributed by atoms with E-state index >= 15 is 0 Å². The maximum absolute atomic E-state index is 10.3. The van der Waals surface area contributed by atoms with Crippen LogP contribution in [-0.4, -0.2) is 16.2 Å².